The molecule has 0 aliphatic heterocycles. The van der Waals surface area contributed by atoms with Crippen molar-refractivity contribution in [3.8, 4) is 5.75 Å². The number of halogens is 3. The third-order valence-electron chi connectivity index (χ3n) is 2.83. The van der Waals surface area contributed by atoms with Gasteiger partial charge in [-0.2, -0.15) is 0 Å². The molecule has 2 aromatic rings. The van der Waals surface area contributed by atoms with Gasteiger partial charge < -0.3 is 10.5 Å². The molecule has 1 unspecified atom stereocenters. The summed E-state index contributed by atoms with van der Waals surface area (Å²) in [6.45, 7) is 0. The van der Waals surface area contributed by atoms with Crippen LogP contribution in [0.1, 0.15) is 17.2 Å². The molecular weight excluding hydrogens is 333 g/mol. The lowest BCUT2D eigenvalue weighted by atomic mass is 9.99. The maximum absolute atomic E-state index is 13.2. The molecule has 0 heterocycles. The van der Waals surface area contributed by atoms with E-state index >= 15 is 0 Å². The molecule has 0 radical (unpaired) electrons. The van der Waals surface area contributed by atoms with Crippen LogP contribution in [0.3, 0.4) is 0 Å². The second-order valence-corrected chi connectivity index (χ2v) is 5.33. The summed E-state index contributed by atoms with van der Waals surface area (Å²) < 4.78 is 18.9. The minimum atomic E-state index is -0.439. The molecule has 0 bridgehead atoms. The fourth-order valence-electron chi connectivity index (χ4n) is 1.83. The van der Waals surface area contributed by atoms with Crippen molar-refractivity contribution < 1.29 is 9.13 Å². The quantitative estimate of drug-likeness (QED) is 0.901. The molecule has 2 aromatic carbocycles. The van der Waals surface area contributed by atoms with Gasteiger partial charge in [-0.15, -0.1) is 0 Å². The molecule has 0 fully saturated rings. The molecular formula is C14H12BrClFNO. The number of benzene rings is 2. The standard InChI is InChI=1S/C14H12BrClFNO/c1-19-13-5-3-9(16)7-10(13)14(18)8-2-4-12(17)11(15)6-8/h2-7,14H,18H2,1H3. The molecule has 2 nitrogen and oxygen atoms in total. The van der Waals surface area contributed by atoms with Gasteiger partial charge in [0.25, 0.3) is 0 Å². The summed E-state index contributed by atoms with van der Waals surface area (Å²) in [6.07, 6.45) is 0. The van der Waals surface area contributed by atoms with Crippen molar-refractivity contribution in [2.75, 3.05) is 7.11 Å². The lowest BCUT2D eigenvalue weighted by molar-refractivity contribution is 0.408. The Bertz CT molecular complexity index is 606. The Morgan fingerprint density at radius 3 is 2.63 bits per heavy atom. The van der Waals surface area contributed by atoms with Crippen molar-refractivity contribution in [1.29, 1.82) is 0 Å². The zero-order valence-corrected chi connectivity index (χ0v) is 12.5. The first-order chi connectivity index (χ1) is 9.02. The first-order valence-corrected chi connectivity index (χ1v) is 6.74. The summed E-state index contributed by atoms with van der Waals surface area (Å²) in [4.78, 5) is 0. The number of methoxy groups -OCH3 is 1. The Morgan fingerprint density at radius 1 is 1.26 bits per heavy atom. The van der Waals surface area contributed by atoms with E-state index in [2.05, 4.69) is 15.9 Å². The predicted molar refractivity (Wildman–Crippen MR) is 78.1 cm³/mol. The van der Waals surface area contributed by atoms with Crippen molar-refractivity contribution in [3.63, 3.8) is 0 Å². The molecule has 5 heteroatoms. The number of nitrogens with two attached hydrogens (primary N) is 1. The average molecular weight is 345 g/mol. The van der Waals surface area contributed by atoms with Crippen LogP contribution in [0.2, 0.25) is 5.02 Å². The second kappa shape index (κ2) is 5.90. The SMILES string of the molecule is COc1ccc(Cl)cc1C(N)c1ccc(F)c(Br)c1. The molecule has 0 spiro atoms. The lowest BCUT2D eigenvalue weighted by Crippen LogP contribution is -2.13. The number of hydrogen-bond donors (Lipinski definition) is 1. The van der Waals surface area contributed by atoms with Crippen LogP contribution in [-0.2, 0) is 0 Å². The minimum absolute atomic E-state index is 0.325. The van der Waals surface area contributed by atoms with Crippen LogP contribution in [0.5, 0.6) is 5.75 Å². The van der Waals surface area contributed by atoms with Crippen LogP contribution < -0.4 is 10.5 Å². The molecule has 2 N–H and O–H groups in total. The van der Waals surface area contributed by atoms with Crippen LogP contribution in [0.15, 0.2) is 40.9 Å². The predicted octanol–water partition coefficient (Wildman–Crippen LogP) is 4.30. The zero-order chi connectivity index (χ0) is 14.0. The average Bonchev–Trinajstić information content (AvgIpc) is 2.41. The van der Waals surface area contributed by atoms with Gasteiger partial charge in [0, 0.05) is 10.6 Å². The Kier molecular flexibility index (Phi) is 4.45. The smallest absolute Gasteiger partial charge is 0.137 e. The van der Waals surface area contributed by atoms with Gasteiger partial charge >= 0.3 is 0 Å². The van der Waals surface area contributed by atoms with Gasteiger partial charge in [-0.25, -0.2) is 4.39 Å². The summed E-state index contributed by atoms with van der Waals surface area (Å²) in [5.41, 5.74) is 7.73. The fraction of sp³-hybridized carbons (Fsp3) is 0.143. The van der Waals surface area contributed by atoms with Crippen molar-refractivity contribution >= 4 is 27.5 Å². The van der Waals surface area contributed by atoms with Gasteiger partial charge in [-0.05, 0) is 51.8 Å². The van der Waals surface area contributed by atoms with E-state index in [0.717, 1.165) is 11.1 Å². The normalized spacial score (nSPS) is 12.3. The third kappa shape index (κ3) is 3.08. The molecule has 0 aliphatic rings. The van der Waals surface area contributed by atoms with Crippen molar-refractivity contribution in [2.24, 2.45) is 5.73 Å². The van der Waals surface area contributed by atoms with Gasteiger partial charge in [-0.1, -0.05) is 17.7 Å². The summed E-state index contributed by atoms with van der Waals surface area (Å²) in [5, 5.41) is 0.576. The molecule has 1 atom stereocenters. The maximum Gasteiger partial charge on any atom is 0.137 e. The number of rotatable bonds is 3. The second-order valence-electron chi connectivity index (χ2n) is 4.04. The minimum Gasteiger partial charge on any atom is -0.496 e. The number of ether oxygens (including phenoxy) is 1. The Hall–Kier alpha value is -1.10. The van der Waals surface area contributed by atoms with Crippen molar-refractivity contribution in [3.05, 3.63) is 62.8 Å². The highest BCUT2D eigenvalue weighted by atomic mass is 79.9. The van der Waals surface area contributed by atoms with Gasteiger partial charge in [0.15, 0.2) is 0 Å². The van der Waals surface area contributed by atoms with E-state index in [0.29, 0.717) is 15.2 Å². The zero-order valence-electron chi connectivity index (χ0n) is 10.2. The van der Waals surface area contributed by atoms with E-state index < -0.39 is 6.04 Å². The Balaban J connectivity index is 2.45. The maximum atomic E-state index is 13.2. The van der Waals surface area contributed by atoms with Gasteiger partial charge in [0.05, 0.1) is 17.6 Å². The van der Waals surface area contributed by atoms with Gasteiger partial charge in [0.1, 0.15) is 11.6 Å². The van der Waals surface area contributed by atoms with E-state index in [1.807, 2.05) is 0 Å². The summed E-state index contributed by atoms with van der Waals surface area (Å²) in [7, 11) is 1.57. The van der Waals surface area contributed by atoms with E-state index in [4.69, 9.17) is 22.1 Å². The van der Waals surface area contributed by atoms with E-state index in [9.17, 15) is 4.39 Å². The van der Waals surface area contributed by atoms with Gasteiger partial charge in [0.2, 0.25) is 0 Å². The highest BCUT2D eigenvalue weighted by Gasteiger charge is 2.15. The van der Waals surface area contributed by atoms with E-state index in [1.165, 1.54) is 6.07 Å². The monoisotopic (exact) mass is 343 g/mol. The lowest BCUT2D eigenvalue weighted by Gasteiger charge is -2.17. The largest absolute Gasteiger partial charge is 0.496 e. The third-order valence-corrected chi connectivity index (χ3v) is 3.67. The molecule has 0 aliphatic carbocycles. The van der Waals surface area contributed by atoms with Crippen LogP contribution in [0, 0.1) is 5.82 Å². The van der Waals surface area contributed by atoms with Crippen molar-refractivity contribution in [1.82, 2.24) is 0 Å². The first-order valence-electron chi connectivity index (χ1n) is 5.57. The summed E-state index contributed by atoms with van der Waals surface area (Å²) in [5.74, 6) is 0.325. The topological polar surface area (TPSA) is 35.2 Å². The highest BCUT2D eigenvalue weighted by Crippen LogP contribution is 2.32. The van der Waals surface area contributed by atoms with E-state index in [-0.39, 0.29) is 5.82 Å². The molecule has 100 valence electrons. The fourth-order valence-corrected chi connectivity index (χ4v) is 2.41. The first kappa shape index (κ1) is 14.3. The molecule has 0 amide bonds. The Labute approximate surface area is 124 Å². The Morgan fingerprint density at radius 2 is 2.00 bits per heavy atom. The summed E-state index contributed by atoms with van der Waals surface area (Å²) >= 11 is 9.13. The van der Waals surface area contributed by atoms with Crippen LogP contribution in [0.4, 0.5) is 4.39 Å². The highest BCUT2D eigenvalue weighted by molar-refractivity contribution is 9.10. The van der Waals surface area contributed by atoms with Crippen LogP contribution in [0.25, 0.3) is 0 Å². The van der Waals surface area contributed by atoms with Crippen molar-refractivity contribution in [2.45, 2.75) is 6.04 Å². The molecule has 0 saturated carbocycles. The molecule has 0 saturated heterocycles. The molecule has 19 heavy (non-hydrogen) atoms. The molecule has 2 rings (SSSR count). The molecule has 0 aromatic heterocycles. The van der Waals surface area contributed by atoms with E-state index in [1.54, 1.807) is 37.4 Å². The van der Waals surface area contributed by atoms with Crippen LogP contribution in [-0.4, -0.2) is 7.11 Å². The summed E-state index contributed by atoms with van der Waals surface area (Å²) in [6, 6.07) is 9.47. The van der Waals surface area contributed by atoms with Crippen LogP contribution >= 0.6 is 27.5 Å². The number of hydrogen-bond acceptors (Lipinski definition) is 2. The van der Waals surface area contributed by atoms with Gasteiger partial charge in [-0.3, -0.25) is 0 Å².